The van der Waals surface area contributed by atoms with Crippen molar-refractivity contribution in [2.45, 2.75) is 56.4 Å². The molecule has 0 aromatic carbocycles. The fourth-order valence-electron chi connectivity index (χ4n) is 4.33. The zero-order valence-corrected chi connectivity index (χ0v) is 15.8. The van der Waals surface area contributed by atoms with E-state index in [0.29, 0.717) is 12.5 Å². The van der Waals surface area contributed by atoms with E-state index >= 15 is 0 Å². The van der Waals surface area contributed by atoms with Gasteiger partial charge in [-0.15, -0.1) is 11.3 Å². The van der Waals surface area contributed by atoms with Crippen LogP contribution in [0.25, 0.3) is 0 Å². The van der Waals surface area contributed by atoms with E-state index in [4.69, 9.17) is 9.72 Å². The normalized spacial score (nSPS) is 22.6. The van der Waals surface area contributed by atoms with E-state index in [1.54, 1.807) is 0 Å². The third kappa shape index (κ3) is 2.84. The van der Waals surface area contributed by atoms with Gasteiger partial charge in [0.15, 0.2) is 0 Å². The van der Waals surface area contributed by atoms with Gasteiger partial charge in [0.05, 0.1) is 16.7 Å². The third-order valence-electron chi connectivity index (χ3n) is 6.16. The molecule has 0 bridgehead atoms. The van der Waals surface area contributed by atoms with E-state index in [9.17, 15) is 4.79 Å². The smallest absolute Gasteiger partial charge is 0.255 e. The summed E-state index contributed by atoms with van der Waals surface area (Å²) in [7, 11) is 0. The molecule has 26 heavy (non-hydrogen) atoms. The molecule has 0 unspecified atom stereocenters. The van der Waals surface area contributed by atoms with Crippen LogP contribution in [0, 0.1) is 0 Å². The predicted octanol–water partition coefficient (Wildman–Crippen LogP) is 2.84. The number of aromatic amines is 1. The highest BCUT2D eigenvalue weighted by molar-refractivity contribution is 7.10. The minimum absolute atomic E-state index is 0.0480. The van der Waals surface area contributed by atoms with Crippen molar-refractivity contribution in [1.82, 2.24) is 15.3 Å². The topological polar surface area (TPSA) is 67.0 Å². The molecule has 6 heteroatoms. The van der Waals surface area contributed by atoms with Crippen molar-refractivity contribution in [1.29, 1.82) is 0 Å². The molecule has 3 aliphatic rings. The first-order chi connectivity index (χ1) is 12.8. The van der Waals surface area contributed by atoms with Crippen LogP contribution in [-0.4, -0.2) is 29.7 Å². The Morgan fingerprint density at radius 2 is 2.12 bits per heavy atom. The Morgan fingerprint density at radius 1 is 1.27 bits per heavy atom. The van der Waals surface area contributed by atoms with E-state index in [0.717, 1.165) is 75.4 Å². The molecule has 1 aliphatic carbocycles. The van der Waals surface area contributed by atoms with Crippen molar-refractivity contribution in [3.8, 4) is 0 Å². The number of aromatic nitrogens is 2. The summed E-state index contributed by atoms with van der Waals surface area (Å²) in [6, 6.07) is 2.38. The molecule has 1 saturated heterocycles. The number of thiophene rings is 1. The number of nitrogens with zero attached hydrogens (tertiary/aromatic N) is 1. The largest absolute Gasteiger partial charge is 0.381 e. The van der Waals surface area contributed by atoms with Crippen LogP contribution in [0.2, 0.25) is 0 Å². The summed E-state index contributed by atoms with van der Waals surface area (Å²) >= 11 is 1.84. The molecule has 1 saturated carbocycles. The predicted molar refractivity (Wildman–Crippen MR) is 102 cm³/mol. The number of ether oxygens (including phenoxy) is 1. The van der Waals surface area contributed by atoms with Crippen LogP contribution in [0.1, 0.15) is 65.5 Å². The Morgan fingerprint density at radius 3 is 2.92 bits per heavy atom. The third-order valence-corrected chi connectivity index (χ3v) is 7.31. The van der Waals surface area contributed by atoms with Crippen molar-refractivity contribution in [3.05, 3.63) is 49.3 Å². The maximum absolute atomic E-state index is 12.6. The molecule has 2 aromatic heterocycles. The Balaban J connectivity index is 1.48. The summed E-state index contributed by atoms with van der Waals surface area (Å²) < 4.78 is 5.50. The lowest BCUT2D eigenvalue weighted by atomic mass is 9.92. The number of H-pyrrole nitrogens is 1. The van der Waals surface area contributed by atoms with Crippen molar-refractivity contribution in [2.24, 2.45) is 0 Å². The van der Waals surface area contributed by atoms with Gasteiger partial charge < -0.3 is 15.0 Å². The summed E-state index contributed by atoms with van der Waals surface area (Å²) in [5.74, 6) is 1.51. The van der Waals surface area contributed by atoms with Gasteiger partial charge in [0.25, 0.3) is 5.56 Å². The first kappa shape index (κ1) is 16.7. The van der Waals surface area contributed by atoms with Crippen LogP contribution in [0.3, 0.4) is 0 Å². The number of hydrogen-bond acceptors (Lipinski definition) is 5. The highest BCUT2D eigenvalue weighted by Crippen LogP contribution is 2.54. The molecule has 2 N–H and O–H groups in total. The van der Waals surface area contributed by atoms with E-state index in [-0.39, 0.29) is 11.0 Å². The van der Waals surface area contributed by atoms with Gasteiger partial charge in [0, 0.05) is 24.6 Å². The molecule has 138 valence electrons. The minimum atomic E-state index is -0.0536. The van der Waals surface area contributed by atoms with Gasteiger partial charge in [-0.05, 0) is 68.0 Å². The maximum atomic E-state index is 12.6. The molecule has 0 radical (unpaired) electrons. The Kier molecular flexibility index (Phi) is 4.22. The highest BCUT2D eigenvalue weighted by Gasteiger charge is 2.50. The Bertz CT molecular complexity index is 862. The van der Waals surface area contributed by atoms with Gasteiger partial charge in [-0.3, -0.25) is 4.79 Å². The van der Waals surface area contributed by atoms with Crippen molar-refractivity contribution >= 4 is 11.3 Å². The van der Waals surface area contributed by atoms with Gasteiger partial charge in [-0.2, -0.15) is 0 Å². The van der Waals surface area contributed by atoms with E-state index < -0.39 is 0 Å². The van der Waals surface area contributed by atoms with Crippen molar-refractivity contribution in [3.63, 3.8) is 0 Å². The molecule has 2 aliphatic heterocycles. The van der Waals surface area contributed by atoms with Crippen LogP contribution in [0.15, 0.2) is 16.2 Å². The van der Waals surface area contributed by atoms with Gasteiger partial charge in [-0.1, -0.05) is 0 Å². The lowest BCUT2D eigenvalue weighted by molar-refractivity contribution is 0.0854. The lowest BCUT2D eigenvalue weighted by Crippen LogP contribution is -2.26. The van der Waals surface area contributed by atoms with Crippen LogP contribution in [0.4, 0.5) is 0 Å². The standard InChI is InChI=1S/C20H25N3O2S/c24-18-15-11-21-7-1-2-16(15)22-19(23-18)20(5-6-20)17-10-14(12-26-17)13-3-8-25-9-4-13/h10,12-13,21H,1-9,11H2,(H,22,23,24). The average molecular weight is 372 g/mol. The summed E-state index contributed by atoms with van der Waals surface area (Å²) in [5.41, 5.74) is 3.27. The van der Waals surface area contributed by atoms with Crippen LogP contribution in [-0.2, 0) is 23.1 Å². The second-order valence-corrected chi connectivity index (χ2v) is 8.74. The number of rotatable bonds is 3. The molecule has 0 amide bonds. The Hall–Kier alpha value is -1.50. The monoisotopic (exact) mass is 371 g/mol. The minimum Gasteiger partial charge on any atom is -0.381 e. The van der Waals surface area contributed by atoms with Gasteiger partial charge >= 0.3 is 0 Å². The molecule has 5 nitrogen and oxygen atoms in total. The number of hydrogen-bond donors (Lipinski definition) is 2. The summed E-state index contributed by atoms with van der Waals surface area (Å²) in [6.45, 7) is 3.33. The molecule has 0 atom stereocenters. The summed E-state index contributed by atoms with van der Waals surface area (Å²) in [5, 5.41) is 5.64. The lowest BCUT2D eigenvalue weighted by Gasteiger charge is -2.21. The number of aryl methyl sites for hydroxylation is 1. The fraction of sp³-hybridized carbons (Fsp3) is 0.600. The maximum Gasteiger partial charge on any atom is 0.255 e. The average Bonchev–Trinajstić information content (AvgIpc) is 3.39. The first-order valence-electron chi connectivity index (χ1n) is 9.76. The van der Waals surface area contributed by atoms with Gasteiger partial charge in [-0.25, -0.2) is 4.98 Å². The Labute approximate surface area is 157 Å². The molecule has 4 heterocycles. The van der Waals surface area contributed by atoms with E-state index in [1.807, 2.05) is 11.3 Å². The highest BCUT2D eigenvalue weighted by atomic mass is 32.1. The molecule has 0 spiro atoms. The van der Waals surface area contributed by atoms with Crippen LogP contribution >= 0.6 is 11.3 Å². The SMILES string of the molecule is O=c1[nH]c(C2(c3cc(C4CCOCC4)cs3)CC2)nc2c1CNCCC2. The van der Waals surface area contributed by atoms with E-state index in [2.05, 4.69) is 21.7 Å². The second-order valence-electron chi connectivity index (χ2n) is 7.83. The van der Waals surface area contributed by atoms with E-state index in [1.165, 1.54) is 10.4 Å². The van der Waals surface area contributed by atoms with Crippen molar-refractivity contribution < 1.29 is 4.74 Å². The number of nitrogens with one attached hydrogen (secondary N) is 2. The van der Waals surface area contributed by atoms with Crippen LogP contribution in [0.5, 0.6) is 0 Å². The molecule has 2 aromatic rings. The van der Waals surface area contributed by atoms with Crippen LogP contribution < -0.4 is 10.9 Å². The quantitative estimate of drug-likeness (QED) is 0.871. The van der Waals surface area contributed by atoms with Gasteiger partial charge in [0.1, 0.15) is 5.82 Å². The zero-order valence-electron chi connectivity index (χ0n) is 15.0. The molecule has 5 rings (SSSR count). The molecule has 2 fully saturated rings. The molecular formula is C20H25N3O2S. The first-order valence-corrected chi connectivity index (χ1v) is 10.6. The second kappa shape index (κ2) is 6.59. The zero-order chi connectivity index (χ0) is 17.6. The number of fused-ring (bicyclic) bond motifs is 1. The summed E-state index contributed by atoms with van der Waals surface area (Å²) in [4.78, 5) is 22.1. The summed E-state index contributed by atoms with van der Waals surface area (Å²) in [6.07, 6.45) is 6.34. The molecular weight excluding hydrogens is 346 g/mol. The van der Waals surface area contributed by atoms with Crippen molar-refractivity contribution in [2.75, 3.05) is 19.8 Å². The van der Waals surface area contributed by atoms with Gasteiger partial charge in [0.2, 0.25) is 0 Å². The fourth-order valence-corrected chi connectivity index (χ4v) is 5.58.